The van der Waals surface area contributed by atoms with Crippen molar-refractivity contribution in [3.8, 4) is 11.5 Å². The van der Waals surface area contributed by atoms with Gasteiger partial charge in [-0.2, -0.15) is 0 Å². The van der Waals surface area contributed by atoms with Crippen LogP contribution in [0.1, 0.15) is 29.3 Å². The molecule has 0 aliphatic carbocycles. The van der Waals surface area contributed by atoms with Crippen LogP contribution in [0.5, 0.6) is 11.5 Å². The van der Waals surface area contributed by atoms with E-state index in [2.05, 4.69) is 0 Å². The topological polar surface area (TPSA) is 61.8 Å². The number of halogens is 1. The van der Waals surface area contributed by atoms with Crippen LogP contribution in [0.25, 0.3) is 0 Å². The first-order valence-electron chi connectivity index (χ1n) is 8.15. The highest BCUT2D eigenvalue weighted by Gasteiger charge is 2.26. The maximum absolute atomic E-state index is 12.8. The molecule has 1 aliphatic rings. The second kappa shape index (κ2) is 9.25. The van der Waals surface area contributed by atoms with Crippen molar-refractivity contribution in [2.75, 3.05) is 14.2 Å². The third kappa shape index (κ3) is 4.76. The molecule has 26 heavy (non-hydrogen) atoms. The lowest BCUT2D eigenvalue weighted by atomic mass is 9.99. The van der Waals surface area contributed by atoms with E-state index in [9.17, 15) is 9.59 Å². The number of methoxy groups -OCH3 is 2. The first-order valence-corrected chi connectivity index (χ1v) is 8.52. The molecule has 0 saturated heterocycles. The first kappa shape index (κ1) is 19.8. The van der Waals surface area contributed by atoms with Crippen LogP contribution < -0.4 is 9.47 Å². The van der Waals surface area contributed by atoms with E-state index in [0.29, 0.717) is 17.7 Å². The molecule has 1 aromatic rings. The molecule has 0 radical (unpaired) electrons. The Morgan fingerprint density at radius 2 is 1.77 bits per heavy atom. The fourth-order valence-corrected chi connectivity index (χ4v) is 2.82. The SMILES string of the molecule is COc1cc(OC)c2c(c1Cl)CC(=O)\C=C/C=C\C=C/CC(C)OC2=O. The molecule has 0 spiro atoms. The van der Waals surface area contributed by atoms with Gasteiger partial charge in [0.2, 0.25) is 0 Å². The van der Waals surface area contributed by atoms with Crippen LogP contribution in [0.3, 0.4) is 0 Å². The Morgan fingerprint density at radius 3 is 2.46 bits per heavy atom. The summed E-state index contributed by atoms with van der Waals surface area (Å²) >= 11 is 6.38. The third-order valence-electron chi connectivity index (χ3n) is 3.81. The number of hydrogen-bond donors (Lipinski definition) is 0. The highest BCUT2D eigenvalue weighted by Crippen LogP contribution is 2.38. The summed E-state index contributed by atoms with van der Waals surface area (Å²) in [5.74, 6) is -0.233. The van der Waals surface area contributed by atoms with Gasteiger partial charge in [0.25, 0.3) is 0 Å². The molecular weight excluding hydrogens is 356 g/mol. The first-order chi connectivity index (χ1) is 12.5. The number of benzene rings is 1. The normalized spacial score (nSPS) is 21.8. The van der Waals surface area contributed by atoms with Crippen LogP contribution in [-0.4, -0.2) is 32.1 Å². The summed E-state index contributed by atoms with van der Waals surface area (Å²) in [6.45, 7) is 1.79. The van der Waals surface area contributed by atoms with Crippen molar-refractivity contribution >= 4 is 23.4 Å². The fourth-order valence-electron chi connectivity index (χ4n) is 2.52. The molecule has 0 N–H and O–H groups in total. The molecule has 1 atom stereocenters. The minimum absolute atomic E-state index is 0.0780. The molecule has 1 heterocycles. The third-order valence-corrected chi connectivity index (χ3v) is 4.23. The molecule has 2 rings (SSSR count). The van der Waals surface area contributed by atoms with E-state index < -0.39 is 5.97 Å². The minimum atomic E-state index is -0.591. The van der Waals surface area contributed by atoms with Crippen LogP contribution in [0, 0.1) is 0 Å². The van der Waals surface area contributed by atoms with E-state index in [1.807, 2.05) is 12.2 Å². The van der Waals surface area contributed by atoms with Crippen LogP contribution in [-0.2, 0) is 16.0 Å². The van der Waals surface area contributed by atoms with Crippen LogP contribution in [0.4, 0.5) is 0 Å². The predicted octanol–water partition coefficient (Wildman–Crippen LogP) is 4.09. The van der Waals surface area contributed by atoms with Gasteiger partial charge in [-0.1, -0.05) is 42.0 Å². The zero-order valence-corrected chi connectivity index (χ0v) is 15.7. The number of allylic oxidation sites excluding steroid dienone is 5. The summed E-state index contributed by atoms with van der Waals surface area (Å²) in [5, 5.41) is 0.192. The number of carbonyl (C=O) groups excluding carboxylic acids is 2. The number of cyclic esters (lactones) is 1. The molecule has 0 saturated carbocycles. The van der Waals surface area contributed by atoms with Gasteiger partial charge >= 0.3 is 5.97 Å². The highest BCUT2D eigenvalue weighted by molar-refractivity contribution is 6.33. The average Bonchev–Trinajstić information content (AvgIpc) is 2.61. The summed E-state index contributed by atoms with van der Waals surface area (Å²) in [6, 6.07) is 1.51. The minimum Gasteiger partial charge on any atom is -0.496 e. The van der Waals surface area contributed by atoms with Crippen molar-refractivity contribution < 1.29 is 23.8 Å². The summed E-state index contributed by atoms with van der Waals surface area (Å²) in [6.07, 6.45) is 10.5. The van der Waals surface area contributed by atoms with Gasteiger partial charge in [-0.25, -0.2) is 4.79 Å². The summed E-state index contributed by atoms with van der Waals surface area (Å²) in [7, 11) is 2.88. The molecule has 0 bridgehead atoms. The van der Waals surface area contributed by atoms with Gasteiger partial charge in [0.15, 0.2) is 5.78 Å². The van der Waals surface area contributed by atoms with Gasteiger partial charge in [0.1, 0.15) is 23.2 Å². The molecule has 1 unspecified atom stereocenters. The van der Waals surface area contributed by atoms with E-state index in [0.717, 1.165) is 0 Å². The lowest BCUT2D eigenvalue weighted by Gasteiger charge is -2.18. The van der Waals surface area contributed by atoms with Crippen molar-refractivity contribution in [1.82, 2.24) is 0 Å². The number of carbonyl (C=O) groups is 2. The van der Waals surface area contributed by atoms with Gasteiger partial charge in [0.05, 0.1) is 19.2 Å². The lowest BCUT2D eigenvalue weighted by Crippen LogP contribution is -2.18. The molecule has 0 aromatic heterocycles. The van der Waals surface area contributed by atoms with E-state index in [4.69, 9.17) is 25.8 Å². The summed E-state index contributed by atoms with van der Waals surface area (Å²) in [4.78, 5) is 25.1. The number of ketones is 1. The van der Waals surface area contributed by atoms with E-state index in [-0.39, 0.29) is 34.6 Å². The fraction of sp³-hybridized carbons (Fsp3) is 0.300. The van der Waals surface area contributed by atoms with E-state index >= 15 is 0 Å². The van der Waals surface area contributed by atoms with Gasteiger partial charge < -0.3 is 14.2 Å². The molecule has 0 amide bonds. The number of ether oxygens (including phenoxy) is 3. The number of fused-ring (bicyclic) bond motifs is 1. The van der Waals surface area contributed by atoms with Crippen LogP contribution in [0.2, 0.25) is 5.02 Å². The predicted molar refractivity (Wildman–Crippen MR) is 100 cm³/mol. The second-order valence-corrected chi connectivity index (χ2v) is 6.09. The molecule has 138 valence electrons. The van der Waals surface area contributed by atoms with Gasteiger partial charge in [-0.3, -0.25) is 4.79 Å². The number of hydrogen-bond acceptors (Lipinski definition) is 5. The Labute approximate surface area is 157 Å². The summed E-state index contributed by atoms with van der Waals surface area (Å²) in [5.41, 5.74) is 0.467. The Balaban J connectivity index is 2.60. The Morgan fingerprint density at radius 1 is 1.08 bits per heavy atom. The maximum atomic E-state index is 12.8. The lowest BCUT2D eigenvalue weighted by molar-refractivity contribution is -0.114. The van der Waals surface area contributed by atoms with Crippen molar-refractivity contribution in [3.05, 3.63) is 58.7 Å². The standard InChI is InChI=1S/C20H21ClO5/c1-13-9-7-5-4-6-8-10-14(22)11-15-18(20(23)26-13)16(24-2)12-17(25-3)19(15)21/h4-8,10,12-13H,9,11H2,1-3H3/b6-4-,7-5-,10-8-. The smallest absolute Gasteiger partial charge is 0.342 e. The molecule has 0 fully saturated rings. The van der Waals surface area contributed by atoms with Gasteiger partial charge in [0, 0.05) is 24.5 Å². The van der Waals surface area contributed by atoms with Crippen molar-refractivity contribution in [1.29, 1.82) is 0 Å². The second-order valence-electron chi connectivity index (χ2n) is 5.72. The zero-order chi connectivity index (χ0) is 19.1. The zero-order valence-electron chi connectivity index (χ0n) is 15.0. The molecule has 6 heteroatoms. The van der Waals surface area contributed by atoms with Crippen molar-refractivity contribution in [2.45, 2.75) is 25.9 Å². The Hall–Kier alpha value is -2.53. The van der Waals surface area contributed by atoms with Gasteiger partial charge in [-0.15, -0.1) is 0 Å². The summed E-state index contributed by atoms with van der Waals surface area (Å²) < 4.78 is 16.1. The van der Waals surface area contributed by atoms with E-state index in [1.165, 1.54) is 26.4 Å². The molecule has 1 aliphatic heterocycles. The molecular formula is C20H21ClO5. The van der Waals surface area contributed by atoms with Gasteiger partial charge in [-0.05, 0) is 13.0 Å². The van der Waals surface area contributed by atoms with Crippen molar-refractivity contribution in [3.63, 3.8) is 0 Å². The Bertz CT molecular complexity index is 777. The van der Waals surface area contributed by atoms with E-state index in [1.54, 1.807) is 25.2 Å². The highest BCUT2D eigenvalue weighted by atomic mass is 35.5. The van der Waals surface area contributed by atoms with Crippen molar-refractivity contribution in [2.24, 2.45) is 0 Å². The monoisotopic (exact) mass is 376 g/mol. The molecule has 1 aromatic carbocycles. The van der Waals surface area contributed by atoms with Crippen LogP contribution >= 0.6 is 11.6 Å². The quantitative estimate of drug-likeness (QED) is 0.727. The Kier molecular flexibility index (Phi) is 7.04. The molecule has 5 nitrogen and oxygen atoms in total. The number of rotatable bonds is 2. The maximum Gasteiger partial charge on any atom is 0.342 e. The van der Waals surface area contributed by atoms with Crippen LogP contribution in [0.15, 0.2) is 42.5 Å². The average molecular weight is 377 g/mol. The number of esters is 1. The largest absolute Gasteiger partial charge is 0.496 e.